The van der Waals surface area contributed by atoms with Crippen molar-refractivity contribution in [3.8, 4) is 6.07 Å². The summed E-state index contributed by atoms with van der Waals surface area (Å²) in [4.78, 5) is 31.3. The van der Waals surface area contributed by atoms with E-state index in [1.165, 1.54) is 6.92 Å². The lowest BCUT2D eigenvalue weighted by Crippen LogP contribution is -2.13. The summed E-state index contributed by atoms with van der Waals surface area (Å²) in [6.07, 6.45) is -0.829. The van der Waals surface area contributed by atoms with Crippen LogP contribution in [0.4, 0.5) is 0 Å². The van der Waals surface area contributed by atoms with E-state index in [4.69, 9.17) is 10.00 Å². The van der Waals surface area contributed by atoms with E-state index in [-0.39, 0.29) is 5.56 Å². The number of nitriles is 1. The second kappa shape index (κ2) is 4.82. The van der Waals surface area contributed by atoms with Crippen molar-refractivity contribution < 1.29 is 9.53 Å². The van der Waals surface area contributed by atoms with Crippen LogP contribution < -0.4 is 5.56 Å². The maximum Gasteiger partial charge on any atom is 0.349 e. The fourth-order valence-corrected chi connectivity index (χ4v) is 2.80. The Morgan fingerprint density at radius 3 is 2.84 bits per heavy atom. The van der Waals surface area contributed by atoms with Crippen LogP contribution in [0.2, 0.25) is 0 Å². The highest BCUT2D eigenvalue weighted by Gasteiger charge is 2.21. The van der Waals surface area contributed by atoms with Gasteiger partial charge in [0.2, 0.25) is 0 Å². The van der Waals surface area contributed by atoms with Gasteiger partial charge in [0.25, 0.3) is 5.56 Å². The number of esters is 1. The maximum atomic E-state index is 11.9. The molecule has 0 saturated carbocycles. The molecule has 0 unspecified atom stereocenters. The molecule has 19 heavy (non-hydrogen) atoms. The van der Waals surface area contributed by atoms with Crippen LogP contribution >= 0.6 is 11.3 Å². The number of thiophene rings is 1. The molecule has 0 amide bonds. The van der Waals surface area contributed by atoms with Gasteiger partial charge in [0, 0.05) is 0 Å². The number of ether oxygens (including phenoxy) is 1. The molecule has 7 heteroatoms. The molecule has 2 heterocycles. The number of rotatable bonds is 2. The van der Waals surface area contributed by atoms with E-state index >= 15 is 0 Å². The van der Waals surface area contributed by atoms with Crippen molar-refractivity contribution >= 4 is 27.5 Å². The summed E-state index contributed by atoms with van der Waals surface area (Å²) in [6.45, 7) is 4.82. The Bertz CT molecular complexity index is 754. The monoisotopic (exact) mass is 277 g/mol. The van der Waals surface area contributed by atoms with E-state index in [1.54, 1.807) is 13.8 Å². The van der Waals surface area contributed by atoms with E-state index in [2.05, 4.69) is 9.97 Å². The van der Waals surface area contributed by atoms with Gasteiger partial charge in [0.05, 0.1) is 5.39 Å². The number of H-pyrrole nitrogens is 1. The maximum absolute atomic E-state index is 11.9. The normalized spacial score (nSPS) is 12.1. The van der Waals surface area contributed by atoms with Crippen molar-refractivity contribution in [2.45, 2.75) is 26.9 Å². The van der Waals surface area contributed by atoms with Crippen LogP contribution in [-0.4, -0.2) is 22.0 Å². The quantitative estimate of drug-likeness (QED) is 0.842. The third-order valence-electron chi connectivity index (χ3n) is 2.57. The number of hydrogen-bond acceptors (Lipinski definition) is 6. The van der Waals surface area contributed by atoms with E-state index in [0.717, 1.165) is 11.3 Å². The summed E-state index contributed by atoms with van der Waals surface area (Å²) < 4.78 is 4.94. The first-order valence-electron chi connectivity index (χ1n) is 5.54. The van der Waals surface area contributed by atoms with Crippen molar-refractivity contribution in [3.63, 3.8) is 0 Å². The fraction of sp³-hybridized carbons (Fsp3) is 0.333. The Morgan fingerprint density at radius 1 is 1.53 bits per heavy atom. The van der Waals surface area contributed by atoms with Gasteiger partial charge in [-0.2, -0.15) is 5.26 Å². The molecule has 6 nitrogen and oxygen atoms in total. The van der Waals surface area contributed by atoms with Crippen molar-refractivity contribution in [2.75, 3.05) is 0 Å². The van der Waals surface area contributed by atoms with Gasteiger partial charge in [-0.1, -0.05) is 0 Å². The molecule has 0 aliphatic carbocycles. The third-order valence-corrected chi connectivity index (χ3v) is 3.74. The number of carbonyl (C=O) groups is 1. The second-order valence-corrected chi connectivity index (χ2v) is 5.06. The molecular formula is C12H11N3O3S. The highest BCUT2D eigenvalue weighted by atomic mass is 32.1. The van der Waals surface area contributed by atoms with E-state index in [9.17, 15) is 9.59 Å². The topological polar surface area (TPSA) is 95.8 Å². The first kappa shape index (κ1) is 13.2. The van der Waals surface area contributed by atoms with Gasteiger partial charge in [0.1, 0.15) is 21.6 Å². The summed E-state index contributed by atoms with van der Waals surface area (Å²) in [5.41, 5.74) is 0.257. The number of carbonyl (C=O) groups excluding carboxylic acids is 1. The lowest BCUT2D eigenvalue weighted by Gasteiger charge is -2.04. The van der Waals surface area contributed by atoms with Gasteiger partial charge in [-0.3, -0.25) is 4.79 Å². The van der Waals surface area contributed by atoms with Gasteiger partial charge in [-0.25, -0.2) is 9.78 Å². The second-order valence-electron chi connectivity index (χ2n) is 4.06. The molecule has 0 bridgehead atoms. The smallest absolute Gasteiger partial charge is 0.349 e. The SMILES string of the molecule is Cc1nc2sc(C(=O)O[C@@H](C)C#N)c(C)c2c(=O)[nH]1. The first-order chi connectivity index (χ1) is 8.93. The Hall–Kier alpha value is -2.20. The Morgan fingerprint density at radius 2 is 2.21 bits per heavy atom. The predicted molar refractivity (Wildman–Crippen MR) is 70.2 cm³/mol. The van der Waals surface area contributed by atoms with Crippen molar-refractivity contribution in [3.05, 3.63) is 26.6 Å². The first-order valence-corrected chi connectivity index (χ1v) is 6.36. The highest BCUT2D eigenvalue weighted by Crippen LogP contribution is 2.27. The van der Waals surface area contributed by atoms with E-state index < -0.39 is 12.1 Å². The van der Waals surface area contributed by atoms with Crippen LogP contribution in [0.3, 0.4) is 0 Å². The fourth-order valence-electron chi connectivity index (χ4n) is 1.69. The van der Waals surface area contributed by atoms with Crippen LogP contribution in [0.25, 0.3) is 10.2 Å². The summed E-state index contributed by atoms with van der Waals surface area (Å²) in [5.74, 6) is -0.115. The molecule has 0 radical (unpaired) electrons. The zero-order valence-corrected chi connectivity index (χ0v) is 11.4. The van der Waals surface area contributed by atoms with E-state index in [1.807, 2.05) is 6.07 Å². The zero-order valence-electron chi connectivity index (χ0n) is 10.6. The molecule has 0 fully saturated rings. The zero-order chi connectivity index (χ0) is 14.2. The van der Waals surface area contributed by atoms with Crippen molar-refractivity contribution in [2.24, 2.45) is 0 Å². The number of aryl methyl sites for hydroxylation is 2. The molecule has 98 valence electrons. The molecule has 0 aromatic carbocycles. The highest BCUT2D eigenvalue weighted by molar-refractivity contribution is 7.20. The number of nitrogens with one attached hydrogen (secondary N) is 1. The molecular weight excluding hydrogens is 266 g/mol. The molecule has 2 aromatic heterocycles. The van der Waals surface area contributed by atoms with Crippen LogP contribution in [0.15, 0.2) is 4.79 Å². The summed E-state index contributed by atoms with van der Waals surface area (Å²) in [7, 11) is 0. The minimum atomic E-state index is -0.829. The molecule has 1 N–H and O–H groups in total. The van der Waals surface area contributed by atoms with Crippen LogP contribution in [0.5, 0.6) is 0 Å². The lowest BCUT2D eigenvalue weighted by molar-refractivity contribution is 0.0440. The van der Waals surface area contributed by atoms with E-state index in [0.29, 0.717) is 26.5 Å². The number of aromatic amines is 1. The molecule has 0 spiro atoms. The van der Waals surface area contributed by atoms with Gasteiger partial charge in [0.15, 0.2) is 6.10 Å². The summed E-state index contributed by atoms with van der Waals surface area (Å²) in [5, 5.41) is 9.02. The Kier molecular flexibility index (Phi) is 3.36. The molecule has 0 saturated heterocycles. The van der Waals surface area contributed by atoms with Gasteiger partial charge in [-0.05, 0) is 26.3 Å². The minimum Gasteiger partial charge on any atom is -0.443 e. The Labute approximate surface area is 112 Å². The van der Waals surface area contributed by atoms with Crippen LogP contribution in [0, 0.1) is 25.2 Å². The number of fused-ring (bicyclic) bond motifs is 1. The Balaban J connectivity index is 2.55. The number of aromatic nitrogens is 2. The average molecular weight is 277 g/mol. The summed E-state index contributed by atoms with van der Waals surface area (Å²) >= 11 is 1.10. The molecule has 2 rings (SSSR count). The van der Waals surface area contributed by atoms with Crippen LogP contribution in [0.1, 0.15) is 28.0 Å². The standard InChI is InChI=1S/C12H11N3O3S/c1-5(4-13)18-12(17)9-6(2)8-10(16)14-7(3)15-11(8)19-9/h5H,1-3H3,(H,14,15,16)/t5-/m0/s1. The number of hydrogen-bond donors (Lipinski definition) is 1. The van der Waals surface area contributed by atoms with Crippen molar-refractivity contribution in [1.82, 2.24) is 9.97 Å². The minimum absolute atomic E-state index is 0.274. The van der Waals surface area contributed by atoms with Crippen molar-refractivity contribution in [1.29, 1.82) is 5.26 Å². The predicted octanol–water partition coefficient (Wildman–Crippen LogP) is 1.67. The lowest BCUT2D eigenvalue weighted by atomic mass is 10.2. The summed E-state index contributed by atoms with van der Waals surface area (Å²) in [6, 6.07) is 1.82. The largest absolute Gasteiger partial charge is 0.443 e. The molecule has 0 aliphatic rings. The average Bonchev–Trinajstić information content (AvgIpc) is 2.66. The number of nitrogens with zero attached hydrogens (tertiary/aromatic N) is 2. The van der Waals surface area contributed by atoms with Gasteiger partial charge in [-0.15, -0.1) is 11.3 Å². The molecule has 1 atom stereocenters. The van der Waals surface area contributed by atoms with Crippen LogP contribution in [-0.2, 0) is 4.74 Å². The molecule has 0 aliphatic heterocycles. The van der Waals surface area contributed by atoms with Gasteiger partial charge < -0.3 is 9.72 Å². The third kappa shape index (κ3) is 2.35. The molecule has 2 aromatic rings. The van der Waals surface area contributed by atoms with Gasteiger partial charge >= 0.3 is 5.97 Å².